The maximum atomic E-state index is 12.6. The number of ketones is 1. The minimum Gasteiger partial charge on any atom is -0.493 e. The van der Waals surface area contributed by atoms with E-state index in [9.17, 15) is 4.79 Å². The molecule has 1 aromatic heterocycles. The highest BCUT2D eigenvalue weighted by Gasteiger charge is 2.19. The molecule has 1 saturated heterocycles. The van der Waals surface area contributed by atoms with E-state index in [1.54, 1.807) is 26.0 Å². The number of nitrogens with zero attached hydrogens (tertiary/aromatic N) is 1. The molecule has 2 aromatic carbocycles. The normalized spacial score (nSPS) is 14.7. The number of carbonyl (C=O) groups is 1. The minimum absolute atomic E-state index is 0.274. The summed E-state index contributed by atoms with van der Waals surface area (Å²) in [7, 11) is 3.25. The van der Waals surface area contributed by atoms with Gasteiger partial charge in [-0.2, -0.15) is 0 Å². The van der Waals surface area contributed by atoms with Crippen LogP contribution in [0.15, 0.2) is 45.7 Å². The Bertz CT molecular complexity index is 1070. The maximum Gasteiger partial charge on any atom is 0.161 e. The number of furan rings is 1. The zero-order valence-corrected chi connectivity index (χ0v) is 19.2. The summed E-state index contributed by atoms with van der Waals surface area (Å²) in [6, 6.07) is 11.9. The third-order valence-corrected chi connectivity index (χ3v) is 6.62. The van der Waals surface area contributed by atoms with Crippen LogP contribution in [-0.4, -0.2) is 50.8 Å². The first-order valence-electron chi connectivity index (χ1n) is 10.7. The van der Waals surface area contributed by atoms with Crippen LogP contribution in [0, 0.1) is 0 Å². The van der Waals surface area contributed by atoms with Crippen LogP contribution in [0.5, 0.6) is 11.5 Å². The molecular weight excluding hydrogens is 410 g/mol. The Morgan fingerprint density at radius 2 is 1.81 bits per heavy atom. The lowest BCUT2D eigenvalue weighted by Gasteiger charge is -2.25. The van der Waals surface area contributed by atoms with Gasteiger partial charge in [0, 0.05) is 17.4 Å². The van der Waals surface area contributed by atoms with Gasteiger partial charge in [-0.3, -0.25) is 9.69 Å². The van der Waals surface area contributed by atoms with Crippen LogP contribution in [0.2, 0.25) is 0 Å². The van der Waals surface area contributed by atoms with E-state index in [1.165, 1.54) is 19.3 Å². The summed E-state index contributed by atoms with van der Waals surface area (Å²) in [5.41, 5.74) is 2.78. The fourth-order valence-corrected chi connectivity index (χ4v) is 4.98. The summed E-state index contributed by atoms with van der Waals surface area (Å²) in [5.74, 6) is 2.43. The second kappa shape index (κ2) is 9.79. The first kappa shape index (κ1) is 21.8. The average Bonchev–Trinajstić information content (AvgIpc) is 3.17. The molecule has 5 nitrogen and oxygen atoms in total. The Morgan fingerprint density at radius 3 is 2.52 bits per heavy atom. The lowest BCUT2D eigenvalue weighted by atomic mass is 10.0. The van der Waals surface area contributed by atoms with E-state index >= 15 is 0 Å². The quantitative estimate of drug-likeness (QED) is 0.436. The van der Waals surface area contributed by atoms with Crippen LogP contribution in [0.1, 0.15) is 24.8 Å². The van der Waals surface area contributed by atoms with Crippen LogP contribution in [0.25, 0.3) is 22.3 Å². The molecule has 0 aliphatic carbocycles. The van der Waals surface area contributed by atoms with Gasteiger partial charge in [-0.05, 0) is 68.1 Å². The standard InChI is InChI=1S/C25H29NO4S/c1-28-22-10-8-18(15-23(22)29-2)24-25(31-3)20-14-17(7-9-21(20)30-24)13-19(27)16-26-11-5-4-6-12-26/h7-10,14-15H,4-6,11-13,16H2,1-3H3. The van der Waals surface area contributed by atoms with Crippen LogP contribution < -0.4 is 9.47 Å². The molecule has 0 radical (unpaired) electrons. The molecule has 0 saturated carbocycles. The number of ether oxygens (including phenoxy) is 2. The van der Waals surface area contributed by atoms with E-state index in [-0.39, 0.29) is 5.78 Å². The molecule has 31 heavy (non-hydrogen) atoms. The second-order valence-electron chi connectivity index (χ2n) is 7.92. The van der Waals surface area contributed by atoms with Crippen molar-refractivity contribution in [2.24, 2.45) is 0 Å². The Balaban J connectivity index is 1.60. The van der Waals surface area contributed by atoms with Crippen LogP contribution in [-0.2, 0) is 11.2 Å². The Morgan fingerprint density at radius 1 is 1.03 bits per heavy atom. The number of carbonyl (C=O) groups excluding carboxylic acids is 1. The number of Topliss-reactive ketones (excluding diaryl/α,β-unsaturated/α-hetero) is 1. The van der Waals surface area contributed by atoms with Gasteiger partial charge in [-0.15, -0.1) is 11.8 Å². The first-order chi connectivity index (χ1) is 15.1. The van der Waals surface area contributed by atoms with Crippen molar-refractivity contribution in [3.8, 4) is 22.8 Å². The first-order valence-corrected chi connectivity index (χ1v) is 11.9. The molecule has 164 valence electrons. The average molecular weight is 440 g/mol. The smallest absolute Gasteiger partial charge is 0.161 e. The molecule has 2 heterocycles. The number of hydrogen-bond acceptors (Lipinski definition) is 6. The molecule has 0 N–H and O–H groups in total. The maximum absolute atomic E-state index is 12.6. The van der Waals surface area contributed by atoms with Gasteiger partial charge < -0.3 is 13.9 Å². The second-order valence-corrected chi connectivity index (χ2v) is 8.73. The summed E-state index contributed by atoms with van der Waals surface area (Å²) in [4.78, 5) is 16.0. The van der Waals surface area contributed by atoms with Gasteiger partial charge in [0.25, 0.3) is 0 Å². The molecular formula is C25H29NO4S. The molecule has 1 aliphatic heterocycles. The van der Waals surface area contributed by atoms with E-state index in [0.29, 0.717) is 24.5 Å². The van der Waals surface area contributed by atoms with Gasteiger partial charge >= 0.3 is 0 Å². The highest BCUT2D eigenvalue weighted by atomic mass is 32.2. The van der Waals surface area contributed by atoms with Gasteiger partial charge in [0.1, 0.15) is 11.3 Å². The minimum atomic E-state index is 0.274. The number of hydrogen-bond donors (Lipinski definition) is 0. The SMILES string of the molecule is COc1ccc(-c2oc3ccc(CC(=O)CN4CCCCC4)cc3c2SC)cc1OC. The lowest BCUT2D eigenvalue weighted by molar-refractivity contribution is -0.119. The number of methoxy groups -OCH3 is 2. The fourth-order valence-electron chi connectivity index (χ4n) is 4.25. The Hall–Kier alpha value is -2.44. The van der Waals surface area contributed by atoms with Crippen LogP contribution in [0.4, 0.5) is 0 Å². The summed E-state index contributed by atoms with van der Waals surface area (Å²) in [5, 5.41) is 1.04. The predicted molar refractivity (Wildman–Crippen MR) is 126 cm³/mol. The number of fused-ring (bicyclic) bond motifs is 1. The molecule has 1 fully saturated rings. The number of likely N-dealkylation sites (tertiary alicyclic amines) is 1. The lowest BCUT2D eigenvalue weighted by Crippen LogP contribution is -2.35. The zero-order chi connectivity index (χ0) is 21.8. The van der Waals surface area contributed by atoms with E-state index in [4.69, 9.17) is 13.9 Å². The molecule has 4 rings (SSSR count). The van der Waals surface area contributed by atoms with E-state index < -0.39 is 0 Å². The summed E-state index contributed by atoms with van der Waals surface area (Å²) in [6.07, 6.45) is 6.18. The van der Waals surface area contributed by atoms with Gasteiger partial charge in [0.2, 0.25) is 0 Å². The Labute approximate surface area is 187 Å². The van der Waals surface area contributed by atoms with Crippen molar-refractivity contribution < 1.29 is 18.7 Å². The molecule has 0 unspecified atom stereocenters. The van der Waals surface area contributed by atoms with Crippen molar-refractivity contribution in [2.45, 2.75) is 30.6 Å². The molecule has 6 heteroatoms. The molecule has 0 bridgehead atoms. The van der Waals surface area contributed by atoms with E-state index in [1.807, 2.05) is 36.6 Å². The van der Waals surface area contributed by atoms with Crippen molar-refractivity contribution in [3.05, 3.63) is 42.0 Å². The summed E-state index contributed by atoms with van der Waals surface area (Å²) >= 11 is 1.65. The van der Waals surface area contributed by atoms with Gasteiger partial charge in [0.15, 0.2) is 17.3 Å². The van der Waals surface area contributed by atoms with Gasteiger partial charge in [-0.1, -0.05) is 12.5 Å². The molecule has 0 atom stereocenters. The largest absolute Gasteiger partial charge is 0.493 e. The summed E-state index contributed by atoms with van der Waals surface area (Å²) < 4.78 is 17.0. The van der Waals surface area contributed by atoms with Gasteiger partial charge in [-0.25, -0.2) is 0 Å². The number of thioether (sulfide) groups is 1. The van der Waals surface area contributed by atoms with Crippen LogP contribution >= 0.6 is 11.8 Å². The fraction of sp³-hybridized carbons (Fsp3) is 0.400. The molecule has 3 aromatic rings. The van der Waals surface area contributed by atoms with Crippen molar-refractivity contribution in [1.29, 1.82) is 0 Å². The van der Waals surface area contributed by atoms with E-state index in [0.717, 1.165) is 45.8 Å². The highest BCUT2D eigenvalue weighted by Crippen LogP contribution is 2.42. The van der Waals surface area contributed by atoms with Crippen molar-refractivity contribution in [3.63, 3.8) is 0 Å². The van der Waals surface area contributed by atoms with Gasteiger partial charge in [0.05, 0.1) is 25.7 Å². The van der Waals surface area contributed by atoms with Crippen LogP contribution in [0.3, 0.4) is 0 Å². The third kappa shape index (κ3) is 4.75. The number of piperidine rings is 1. The third-order valence-electron chi connectivity index (χ3n) is 5.81. The van der Waals surface area contributed by atoms with Crippen molar-refractivity contribution >= 4 is 28.5 Å². The number of rotatable bonds is 8. The van der Waals surface area contributed by atoms with Crippen molar-refractivity contribution in [1.82, 2.24) is 4.90 Å². The monoisotopic (exact) mass is 439 g/mol. The molecule has 1 aliphatic rings. The Kier molecular flexibility index (Phi) is 6.88. The summed E-state index contributed by atoms with van der Waals surface area (Å²) in [6.45, 7) is 2.63. The predicted octanol–water partition coefficient (Wildman–Crippen LogP) is 5.44. The molecule has 0 amide bonds. The zero-order valence-electron chi connectivity index (χ0n) is 18.4. The molecule has 0 spiro atoms. The topological polar surface area (TPSA) is 51.9 Å². The number of benzene rings is 2. The highest BCUT2D eigenvalue weighted by molar-refractivity contribution is 7.99. The van der Waals surface area contributed by atoms with Crippen molar-refractivity contribution in [2.75, 3.05) is 40.1 Å². The van der Waals surface area contributed by atoms with E-state index in [2.05, 4.69) is 11.0 Å².